The molecule has 50 heavy (non-hydrogen) atoms. The van der Waals surface area contributed by atoms with Crippen LogP contribution in [0.3, 0.4) is 0 Å². The van der Waals surface area contributed by atoms with Crippen molar-refractivity contribution in [2.24, 2.45) is 23.7 Å². The molecule has 0 amide bonds. The molecule has 2 heteroatoms. The van der Waals surface area contributed by atoms with Crippen LogP contribution < -0.4 is 4.90 Å². The Kier molecular flexibility index (Phi) is 7.51. The van der Waals surface area contributed by atoms with Crippen molar-refractivity contribution in [3.05, 3.63) is 186 Å². The summed E-state index contributed by atoms with van der Waals surface area (Å²) in [7, 11) is 0. The Balaban J connectivity index is 0.958. The minimum atomic E-state index is 0.320. The van der Waals surface area contributed by atoms with Gasteiger partial charge in [0.05, 0.1) is 12.1 Å². The summed E-state index contributed by atoms with van der Waals surface area (Å²) in [6.45, 7) is 0. The van der Waals surface area contributed by atoms with Crippen molar-refractivity contribution < 1.29 is 0 Å². The van der Waals surface area contributed by atoms with Crippen molar-refractivity contribution in [2.75, 3.05) is 4.90 Å². The van der Waals surface area contributed by atoms with Crippen molar-refractivity contribution in [1.82, 2.24) is 4.90 Å². The normalized spacial score (nSPS) is 31.9. The molecule has 0 spiro atoms. The summed E-state index contributed by atoms with van der Waals surface area (Å²) in [4.78, 5) is 5.50. The zero-order chi connectivity index (χ0) is 33.0. The molecule has 0 aromatic heterocycles. The Bertz CT molecular complexity index is 2040. The van der Waals surface area contributed by atoms with Crippen LogP contribution in [-0.2, 0) is 0 Å². The fourth-order valence-corrected chi connectivity index (χ4v) is 10.3. The maximum atomic E-state index is 2.87. The van der Waals surface area contributed by atoms with Gasteiger partial charge in [-0.05, 0) is 103 Å². The van der Waals surface area contributed by atoms with Gasteiger partial charge in [0.2, 0.25) is 0 Å². The summed E-state index contributed by atoms with van der Waals surface area (Å²) >= 11 is 0. The monoisotopic (exact) mass is 650 g/mol. The third-order valence-electron chi connectivity index (χ3n) is 12.6. The third-order valence-corrected chi connectivity index (χ3v) is 12.6. The van der Waals surface area contributed by atoms with E-state index in [0.29, 0.717) is 41.8 Å². The Morgan fingerprint density at radius 1 is 0.680 bits per heavy atom. The van der Waals surface area contributed by atoms with Crippen LogP contribution >= 0.6 is 0 Å². The minimum Gasteiger partial charge on any atom is -0.364 e. The van der Waals surface area contributed by atoms with E-state index in [1.807, 2.05) is 0 Å². The van der Waals surface area contributed by atoms with E-state index < -0.39 is 0 Å². The Morgan fingerprint density at radius 2 is 1.58 bits per heavy atom. The van der Waals surface area contributed by atoms with E-state index in [1.165, 1.54) is 45.7 Å². The first-order valence-corrected chi connectivity index (χ1v) is 19.1. The molecule has 10 rings (SSSR count). The first-order chi connectivity index (χ1) is 24.8. The summed E-state index contributed by atoms with van der Waals surface area (Å²) in [6.07, 6.45) is 47.2. The van der Waals surface area contributed by atoms with Crippen molar-refractivity contribution in [3.63, 3.8) is 0 Å². The predicted molar refractivity (Wildman–Crippen MR) is 208 cm³/mol. The van der Waals surface area contributed by atoms with Crippen LogP contribution in [0.1, 0.15) is 44.9 Å². The van der Waals surface area contributed by atoms with Gasteiger partial charge in [-0.3, -0.25) is 0 Å². The second kappa shape index (κ2) is 12.5. The van der Waals surface area contributed by atoms with E-state index in [1.54, 1.807) is 11.3 Å². The van der Waals surface area contributed by atoms with E-state index in [4.69, 9.17) is 0 Å². The van der Waals surface area contributed by atoms with Crippen LogP contribution in [-0.4, -0.2) is 23.0 Å². The lowest BCUT2D eigenvalue weighted by Crippen LogP contribution is -2.39. The topological polar surface area (TPSA) is 6.48 Å². The molecular formula is C48H46N2. The number of hydrogen-bond acceptors (Lipinski definition) is 2. The highest BCUT2D eigenvalue weighted by Crippen LogP contribution is 2.51. The van der Waals surface area contributed by atoms with Crippen LogP contribution in [0, 0.1) is 23.7 Å². The zero-order valence-corrected chi connectivity index (χ0v) is 28.8. The van der Waals surface area contributed by atoms with Gasteiger partial charge in [0.25, 0.3) is 0 Å². The Labute approximate surface area is 298 Å². The lowest BCUT2D eigenvalue weighted by molar-refractivity contribution is 0.229. The molecule has 7 unspecified atom stereocenters. The van der Waals surface area contributed by atoms with Crippen molar-refractivity contribution in [2.45, 2.75) is 63.1 Å². The largest absolute Gasteiger partial charge is 0.364 e. The van der Waals surface area contributed by atoms with Gasteiger partial charge in [-0.15, -0.1) is 0 Å². The Morgan fingerprint density at radius 3 is 2.50 bits per heavy atom. The Hall–Kier alpha value is -4.82. The molecule has 248 valence electrons. The zero-order valence-electron chi connectivity index (χ0n) is 28.8. The van der Waals surface area contributed by atoms with Crippen LogP contribution in [0.2, 0.25) is 0 Å². The number of allylic oxidation sites excluding steroid dienone is 15. The van der Waals surface area contributed by atoms with Gasteiger partial charge in [-0.2, -0.15) is 0 Å². The van der Waals surface area contributed by atoms with E-state index in [2.05, 4.69) is 162 Å². The molecule has 7 atom stereocenters. The maximum Gasteiger partial charge on any atom is 0.0626 e. The van der Waals surface area contributed by atoms with Gasteiger partial charge < -0.3 is 9.80 Å². The molecule has 2 aromatic carbocycles. The van der Waals surface area contributed by atoms with Crippen molar-refractivity contribution >= 4 is 5.69 Å². The summed E-state index contributed by atoms with van der Waals surface area (Å²) in [6, 6.07) is 21.2. The van der Waals surface area contributed by atoms with E-state index in [-0.39, 0.29) is 0 Å². The molecule has 0 saturated carbocycles. The van der Waals surface area contributed by atoms with Gasteiger partial charge in [-0.25, -0.2) is 0 Å². The van der Waals surface area contributed by atoms with E-state index >= 15 is 0 Å². The summed E-state index contributed by atoms with van der Waals surface area (Å²) in [5, 5.41) is 0. The van der Waals surface area contributed by atoms with Crippen LogP contribution in [0.15, 0.2) is 186 Å². The van der Waals surface area contributed by atoms with Gasteiger partial charge in [0.15, 0.2) is 0 Å². The number of hydrogen-bond donors (Lipinski definition) is 0. The maximum absolute atomic E-state index is 2.87. The van der Waals surface area contributed by atoms with Crippen molar-refractivity contribution in [3.8, 4) is 11.1 Å². The van der Waals surface area contributed by atoms with Crippen LogP contribution in [0.25, 0.3) is 11.1 Å². The smallest absolute Gasteiger partial charge is 0.0626 e. The number of benzene rings is 2. The molecule has 2 aliphatic heterocycles. The number of anilines is 1. The lowest BCUT2D eigenvalue weighted by atomic mass is 9.74. The average molecular weight is 651 g/mol. The lowest BCUT2D eigenvalue weighted by Gasteiger charge is -2.39. The summed E-state index contributed by atoms with van der Waals surface area (Å²) in [5.74, 6) is 1.96. The molecule has 0 bridgehead atoms. The predicted octanol–water partition coefficient (Wildman–Crippen LogP) is 11.1. The molecular weight excluding hydrogens is 605 g/mol. The second-order valence-electron chi connectivity index (χ2n) is 15.3. The molecule has 2 nitrogen and oxygen atoms in total. The summed E-state index contributed by atoms with van der Waals surface area (Å²) in [5.41, 5.74) is 12.9. The fourth-order valence-electron chi connectivity index (χ4n) is 10.3. The molecule has 2 heterocycles. The quantitative estimate of drug-likeness (QED) is 0.297. The third kappa shape index (κ3) is 5.06. The molecule has 8 aliphatic rings. The second-order valence-corrected chi connectivity index (χ2v) is 15.3. The SMILES string of the molecule is C1=CCCC(C2=CCCC(N3C4C=CC=CC4C4C=CC(C5=CC6C7=C(C=CCC7)N(c7cccc(-c8ccccc8)c7)C6C=C5)CC43)=C2)=C1. The van der Waals surface area contributed by atoms with Crippen molar-refractivity contribution in [1.29, 1.82) is 0 Å². The van der Waals surface area contributed by atoms with Gasteiger partial charge in [0.1, 0.15) is 0 Å². The first-order valence-electron chi connectivity index (χ1n) is 19.1. The number of rotatable bonds is 5. The number of fused-ring (bicyclic) bond motifs is 5. The summed E-state index contributed by atoms with van der Waals surface area (Å²) < 4.78 is 0. The van der Waals surface area contributed by atoms with Crippen LogP contribution in [0.5, 0.6) is 0 Å². The van der Waals surface area contributed by atoms with Gasteiger partial charge >= 0.3 is 0 Å². The standard InChI is InChI=1S/C48H46N2/c1-3-13-33(14-4-1)35-17-11-19-39(29-35)49-46-24-10-8-22-42(46)44-31-37(26-28-47(44)49)38-25-27-43-41-21-7-9-23-45(41)50(48(43)32-38)40-20-12-18-36(30-40)34-15-5-2-6-16-34/h1-5,7,9-11,13-15,17-19,21,23-31,38,41,43-45,47-48H,6,8,12,16,20,22,32H2. The minimum absolute atomic E-state index is 0.320. The van der Waals surface area contributed by atoms with Crippen LogP contribution in [0.4, 0.5) is 5.69 Å². The molecule has 0 N–H and O–H groups in total. The van der Waals surface area contributed by atoms with E-state index in [0.717, 1.165) is 38.5 Å². The highest BCUT2D eigenvalue weighted by atomic mass is 15.2. The fraction of sp³-hybridized carbons (Fsp3) is 0.292. The molecule has 2 aromatic rings. The number of likely N-dealkylation sites (tertiary alicyclic amines) is 1. The van der Waals surface area contributed by atoms with Gasteiger partial charge in [-0.1, -0.05) is 128 Å². The highest BCUT2D eigenvalue weighted by Gasteiger charge is 2.49. The average Bonchev–Trinajstić information content (AvgIpc) is 3.71. The number of nitrogens with zero attached hydrogens (tertiary/aromatic N) is 2. The molecule has 1 fully saturated rings. The van der Waals surface area contributed by atoms with E-state index in [9.17, 15) is 0 Å². The molecule has 6 aliphatic carbocycles. The molecule has 1 saturated heterocycles. The highest BCUT2D eigenvalue weighted by molar-refractivity contribution is 5.73. The first kappa shape index (κ1) is 30.0. The molecule has 0 radical (unpaired) electrons. The van der Waals surface area contributed by atoms with Gasteiger partial charge in [0, 0.05) is 46.8 Å².